The van der Waals surface area contributed by atoms with Crippen LogP contribution in [0.4, 0.5) is 10.5 Å². The lowest BCUT2D eigenvalue weighted by Gasteiger charge is -2.31. The Balaban J connectivity index is 1.90. The highest BCUT2D eigenvalue weighted by Crippen LogP contribution is 2.30. The largest absolute Gasteiger partial charge is 0.481 e. The molecule has 114 valence electrons. The van der Waals surface area contributed by atoms with Gasteiger partial charge in [0.1, 0.15) is 0 Å². The Bertz CT molecular complexity index is 543. The van der Waals surface area contributed by atoms with Crippen LogP contribution < -0.4 is 5.32 Å². The zero-order valence-corrected chi connectivity index (χ0v) is 12.8. The van der Waals surface area contributed by atoms with Crippen LogP contribution >= 0.6 is 23.2 Å². The number of likely N-dealkylation sites (tertiary alicyclic amines) is 1. The van der Waals surface area contributed by atoms with E-state index in [2.05, 4.69) is 5.32 Å². The van der Waals surface area contributed by atoms with Gasteiger partial charge in [0, 0.05) is 19.5 Å². The van der Waals surface area contributed by atoms with Crippen molar-refractivity contribution in [1.29, 1.82) is 0 Å². The third-order valence-electron chi connectivity index (χ3n) is 3.56. The van der Waals surface area contributed by atoms with Gasteiger partial charge in [-0.2, -0.15) is 0 Å². The van der Waals surface area contributed by atoms with E-state index in [1.807, 2.05) is 0 Å². The van der Waals surface area contributed by atoms with Crippen molar-refractivity contribution in [1.82, 2.24) is 4.90 Å². The molecule has 1 heterocycles. The number of aliphatic carboxylic acids is 1. The van der Waals surface area contributed by atoms with Gasteiger partial charge < -0.3 is 15.3 Å². The molecule has 1 fully saturated rings. The average molecular weight is 331 g/mol. The van der Waals surface area contributed by atoms with Crippen LogP contribution in [0.3, 0.4) is 0 Å². The van der Waals surface area contributed by atoms with E-state index >= 15 is 0 Å². The Morgan fingerprint density at radius 1 is 1.29 bits per heavy atom. The van der Waals surface area contributed by atoms with E-state index in [1.165, 1.54) is 0 Å². The number of urea groups is 1. The number of nitrogens with one attached hydrogen (secondary N) is 1. The molecule has 21 heavy (non-hydrogen) atoms. The van der Waals surface area contributed by atoms with Crippen LogP contribution in [-0.2, 0) is 4.79 Å². The molecule has 1 aromatic rings. The molecule has 5 nitrogen and oxygen atoms in total. The topological polar surface area (TPSA) is 69.6 Å². The average Bonchev–Trinajstić information content (AvgIpc) is 2.44. The number of halogens is 2. The number of carbonyl (C=O) groups excluding carboxylic acids is 1. The third kappa shape index (κ3) is 4.25. The van der Waals surface area contributed by atoms with Gasteiger partial charge in [-0.05, 0) is 30.9 Å². The summed E-state index contributed by atoms with van der Waals surface area (Å²) in [5.74, 6) is -0.648. The van der Waals surface area contributed by atoms with Crippen LogP contribution in [-0.4, -0.2) is 35.1 Å². The van der Waals surface area contributed by atoms with Crippen LogP contribution in [0.2, 0.25) is 10.0 Å². The van der Waals surface area contributed by atoms with E-state index in [4.69, 9.17) is 28.3 Å². The van der Waals surface area contributed by atoms with E-state index in [-0.39, 0.29) is 18.4 Å². The second-order valence-electron chi connectivity index (χ2n) is 5.06. The number of hydrogen-bond acceptors (Lipinski definition) is 2. The number of carboxylic acid groups (broad SMARTS) is 1. The number of benzene rings is 1. The molecule has 1 aliphatic rings. The first-order chi connectivity index (χ1) is 9.97. The minimum absolute atomic E-state index is 0.140. The van der Waals surface area contributed by atoms with E-state index in [0.717, 1.165) is 0 Å². The first-order valence-corrected chi connectivity index (χ1v) is 7.44. The van der Waals surface area contributed by atoms with Gasteiger partial charge in [-0.15, -0.1) is 0 Å². The lowest BCUT2D eigenvalue weighted by molar-refractivity contribution is -0.138. The van der Waals surface area contributed by atoms with Crippen LogP contribution in [0.25, 0.3) is 0 Å². The summed E-state index contributed by atoms with van der Waals surface area (Å²) in [5.41, 5.74) is 0.474. The number of amides is 2. The maximum absolute atomic E-state index is 12.2. The van der Waals surface area contributed by atoms with Crippen LogP contribution in [0.15, 0.2) is 18.2 Å². The minimum Gasteiger partial charge on any atom is -0.481 e. The van der Waals surface area contributed by atoms with Crippen molar-refractivity contribution >= 4 is 40.9 Å². The second kappa shape index (κ2) is 7.00. The zero-order valence-electron chi connectivity index (χ0n) is 11.3. The molecule has 2 amide bonds. The minimum atomic E-state index is -0.788. The Hall–Kier alpha value is -1.46. The van der Waals surface area contributed by atoms with Crippen LogP contribution in [0.1, 0.15) is 19.3 Å². The molecule has 0 spiro atoms. The normalized spacial score (nSPS) is 15.8. The zero-order chi connectivity index (χ0) is 15.4. The molecule has 1 saturated heterocycles. The van der Waals surface area contributed by atoms with Gasteiger partial charge in [0.15, 0.2) is 0 Å². The van der Waals surface area contributed by atoms with Crippen molar-refractivity contribution < 1.29 is 14.7 Å². The molecule has 0 aliphatic carbocycles. The number of anilines is 1. The van der Waals surface area contributed by atoms with E-state index in [0.29, 0.717) is 41.7 Å². The molecular formula is C14H16Cl2N2O3. The molecule has 2 rings (SSSR count). The molecule has 0 unspecified atom stereocenters. The number of nitrogens with zero attached hydrogens (tertiary/aromatic N) is 1. The molecule has 7 heteroatoms. The quantitative estimate of drug-likeness (QED) is 0.887. The van der Waals surface area contributed by atoms with Crippen molar-refractivity contribution in [3.63, 3.8) is 0 Å². The standard InChI is InChI=1S/C14H16Cl2N2O3/c15-10-2-1-3-11(13(10)16)17-14(21)18-6-4-9(5-7-18)8-12(19)20/h1-3,9H,4-8H2,(H,17,21)(H,19,20). The van der Waals surface area contributed by atoms with E-state index in [9.17, 15) is 9.59 Å². The SMILES string of the molecule is O=C(O)CC1CCN(C(=O)Nc2cccc(Cl)c2Cl)CC1. The molecule has 0 atom stereocenters. The summed E-state index contributed by atoms with van der Waals surface area (Å²) in [6, 6.07) is 4.80. The maximum atomic E-state index is 12.2. The van der Waals surface area contributed by atoms with Crippen molar-refractivity contribution in [2.75, 3.05) is 18.4 Å². The Morgan fingerprint density at radius 3 is 2.57 bits per heavy atom. The fraction of sp³-hybridized carbons (Fsp3) is 0.429. The van der Waals surface area contributed by atoms with E-state index < -0.39 is 5.97 Å². The number of piperidine rings is 1. The Kier molecular flexibility index (Phi) is 5.31. The second-order valence-corrected chi connectivity index (χ2v) is 5.84. The molecule has 1 aromatic carbocycles. The molecule has 2 N–H and O–H groups in total. The van der Waals surface area contributed by atoms with Crippen LogP contribution in [0, 0.1) is 5.92 Å². The number of rotatable bonds is 3. The van der Waals surface area contributed by atoms with Crippen molar-refractivity contribution in [3.8, 4) is 0 Å². The van der Waals surface area contributed by atoms with Crippen molar-refractivity contribution in [3.05, 3.63) is 28.2 Å². The summed E-state index contributed by atoms with van der Waals surface area (Å²) in [7, 11) is 0. The van der Waals surface area contributed by atoms with Gasteiger partial charge in [-0.25, -0.2) is 4.79 Å². The van der Waals surface area contributed by atoms with Gasteiger partial charge in [-0.1, -0.05) is 29.3 Å². The predicted molar refractivity (Wildman–Crippen MR) is 82.0 cm³/mol. The summed E-state index contributed by atoms with van der Waals surface area (Å²) in [6.07, 6.45) is 1.56. The van der Waals surface area contributed by atoms with Gasteiger partial charge in [0.05, 0.1) is 15.7 Å². The fourth-order valence-corrected chi connectivity index (χ4v) is 2.73. The highest BCUT2D eigenvalue weighted by molar-refractivity contribution is 6.43. The Morgan fingerprint density at radius 2 is 1.95 bits per heavy atom. The lowest BCUT2D eigenvalue weighted by Crippen LogP contribution is -2.41. The van der Waals surface area contributed by atoms with Gasteiger partial charge >= 0.3 is 12.0 Å². The summed E-state index contributed by atoms with van der Waals surface area (Å²) in [5, 5.41) is 12.2. The number of hydrogen-bond donors (Lipinski definition) is 2. The molecular weight excluding hydrogens is 315 g/mol. The molecule has 0 saturated carbocycles. The summed E-state index contributed by atoms with van der Waals surface area (Å²) >= 11 is 11.9. The lowest BCUT2D eigenvalue weighted by atomic mass is 9.94. The molecule has 0 radical (unpaired) electrons. The number of carboxylic acids is 1. The van der Waals surface area contributed by atoms with Gasteiger partial charge in [0.2, 0.25) is 0 Å². The summed E-state index contributed by atoms with van der Waals surface area (Å²) in [6.45, 7) is 1.09. The smallest absolute Gasteiger partial charge is 0.321 e. The number of carbonyl (C=O) groups is 2. The molecule has 1 aliphatic heterocycles. The summed E-state index contributed by atoms with van der Waals surface area (Å²) in [4.78, 5) is 24.5. The first kappa shape index (κ1) is 15.9. The van der Waals surface area contributed by atoms with Gasteiger partial charge in [-0.3, -0.25) is 4.79 Å². The molecule has 0 bridgehead atoms. The highest BCUT2D eigenvalue weighted by Gasteiger charge is 2.24. The van der Waals surface area contributed by atoms with Crippen LogP contribution in [0.5, 0.6) is 0 Å². The van der Waals surface area contributed by atoms with Crippen molar-refractivity contribution in [2.45, 2.75) is 19.3 Å². The van der Waals surface area contributed by atoms with Crippen molar-refractivity contribution in [2.24, 2.45) is 5.92 Å². The molecule has 0 aromatic heterocycles. The highest BCUT2D eigenvalue weighted by atomic mass is 35.5. The summed E-state index contributed by atoms with van der Waals surface area (Å²) < 4.78 is 0. The maximum Gasteiger partial charge on any atom is 0.321 e. The fourth-order valence-electron chi connectivity index (χ4n) is 2.38. The Labute approximate surface area is 132 Å². The third-order valence-corrected chi connectivity index (χ3v) is 4.38. The van der Waals surface area contributed by atoms with E-state index in [1.54, 1.807) is 23.1 Å². The predicted octanol–water partition coefficient (Wildman–Crippen LogP) is 3.71. The van der Waals surface area contributed by atoms with Gasteiger partial charge in [0.25, 0.3) is 0 Å². The first-order valence-electron chi connectivity index (χ1n) is 6.69. The monoisotopic (exact) mass is 330 g/mol.